The Hall–Kier alpha value is -0.520. The van der Waals surface area contributed by atoms with Crippen molar-refractivity contribution < 1.29 is 0 Å². The van der Waals surface area contributed by atoms with Crippen LogP contribution in [-0.4, -0.2) is 0 Å². The standard InChI is InChI=1S/C4H8.C3H6/c1-3-4-2;1-3-2/h3-4H,1-2H3;3H,1H2,2H3/b4-3+;. The van der Waals surface area contributed by atoms with Crippen LogP contribution in [0, 0.1) is 0 Å². The van der Waals surface area contributed by atoms with Crippen molar-refractivity contribution in [3.63, 3.8) is 0 Å². The lowest BCUT2D eigenvalue weighted by Crippen LogP contribution is -1.26. The molecule has 0 bridgehead atoms. The monoisotopic (exact) mass is 98.1 g/mol. The van der Waals surface area contributed by atoms with Crippen molar-refractivity contribution in [1.29, 1.82) is 0 Å². The zero-order valence-electron chi connectivity index (χ0n) is 5.44. The first kappa shape index (κ1) is 9.70. The van der Waals surface area contributed by atoms with Gasteiger partial charge in [-0.1, -0.05) is 18.2 Å². The average molecular weight is 98.2 g/mol. The van der Waals surface area contributed by atoms with E-state index < -0.39 is 0 Å². The highest BCUT2D eigenvalue weighted by Crippen LogP contribution is 1.57. The third-order valence-electron chi connectivity index (χ3n) is 0.333. The lowest BCUT2D eigenvalue weighted by Gasteiger charge is -1.49. The highest BCUT2D eigenvalue weighted by atomic mass is 13.4. The van der Waals surface area contributed by atoms with Gasteiger partial charge in [-0.25, -0.2) is 0 Å². The van der Waals surface area contributed by atoms with Crippen LogP contribution < -0.4 is 0 Å². The molecule has 0 aromatic heterocycles. The fourth-order valence-electron chi connectivity index (χ4n) is 0. The number of hydrogen-bond donors (Lipinski definition) is 0. The number of rotatable bonds is 0. The van der Waals surface area contributed by atoms with Crippen LogP contribution in [-0.2, 0) is 0 Å². The second-order valence-corrected chi connectivity index (χ2v) is 1.07. The SMILES string of the molecule is C/C=C/C.C=CC. The highest BCUT2D eigenvalue weighted by Gasteiger charge is 1.34. The summed E-state index contributed by atoms with van der Waals surface area (Å²) in [7, 11) is 0. The van der Waals surface area contributed by atoms with E-state index >= 15 is 0 Å². The molecule has 0 atom stereocenters. The fourth-order valence-corrected chi connectivity index (χ4v) is 0. The van der Waals surface area contributed by atoms with Crippen molar-refractivity contribution in [3.8, 4) is 0 Å². The summed E-state index contributed by atoms with van der Waals surface area (Å²) in [6.45, 7) is 9.25. The minimum absolute atomic E-state index is 1.75. The molecule has 7 heavy (non-hydrogen) atoms. The van der Waals surface area contributed by atoms with Gasteiger partial charge in [0.1, 0.15) is 0 Å². The molecule has 0 saturated heterocycles. The molecule has 0 aliphatic rings. The summed E-state index contributed by atoms with van der Waals surface area (Å²) in [5, 5.41) is 0. The lowest BCUT2D eigenvalue weighted by atomic mass is 10.6. The van der Waals surface area contributed by atoms with Crippen LogP contribution in [0.5, 0.6) is 0 Å². The third kappa shape index (κ3) is 288. The molecule has 0 radical (unpaired) electrons. The van der Waals surface area contributed by atoms with E-state index in [0.29, 0.717) is 0 Å². The molecule has 0 aromatic carbocycles. The summed E-state index contributed by atoms with van der Waals surface area (Å²) in [5.41, 5.74) is 0. The molecule has 0 amide bonds. The third-order valence-corrected chi connectivity index (χ3v) is 0.333. The van der Waals surface area contributed by atoms with Crippen LogP contribution >= 0.6 is 0 Å². The molecule has 0 rings (SSSR count). The molecule has 0 unspecified atom stereocenters. The Balaban J connectivity index is 0. The molecule has 0 heterocycles. The van der Waals surface area contributed by atoms with Crippen molar-refractivity contribution in [1.82, 2.24) is 0 Å². The van der Waals surface area contributed by atoms with E-state index in [1.807, 2.05) is 32.9 Å². The second kappa shape index (κ2) is 17.9. The van der Waals surface area contributed by atoms with Crippen LogP contribution in [0.1, 0.15) is 20.8 Å². The zero-order valence-corrected chi connectivity index (χ0v) is 5.44. The van der Waals surface area contributed by atoms with Crippen LogP contribution in [0.25, 0.3) is 0 Å². The summed E-state index contributed by atoms with van der Waals surface area (Å²) in [4.78, 5) is 0. The molecular formula is C7H14. The Labute approximate surface area is 46.6 Å². The highest BCUT2D eigenvalue weighted by molar-refractivity contribution is 4.68. The summed E-state index contributed by atoms with van der Waals surface area (Å²) in [6, 6.07) is 0. The largest absolute Gasteiger partial charge is 0.103 e. The van der Waals surface area contributed by atoms with Gasteiger partial charge in [-0.2, -0.15) is 0 Å². The van der Waals surface area contributed by atoms with Gasteiger partial charge in [0.15, 0.2) is 0 Å². The Morgan fingerprint density at radius 3 is 1.14 bits per heavy atom. The maximum atomic E-state index is 3.36. The molecule has 42 valence electrons. The van der Waals surface area contributed by atoms with Gasteiger partial charge in [-0.05, 0) is 20.8 Å². The first-order valence-electron chi connectivity index (χ1n) is 2.47. The van der Waals surface area contributed by atoms with E-state index in [1.54, 1.807) is 6.08 Å². The quantitative estimate of drug-likeness (QED) is 0.409. The van der Waals surface area contributed by atoms with Crippen molar-refractivity contribution in [2.24, 2.45) is 0 Å². The maximum absolute atomic E-state index is 3.36. The summed E-state index contributed by atoms with van der Waals surface area (Å²) >= 11 is 0. The first-order chi connectivity index (χ1) is 3.33. The maximum Gasteiger partial charge on any atom is -0.0470 e. The molecule has 0 heteroatoms. The topological polar surface area (TPSA) is 0 Å². The molecule has 0 aliphatic heterocycles. The Bertz CT molecular complexity index is 38.0. The Kier molecular flexibility index (Phi) is 24.8. The van der Waals surface area contributed by atoms with Gasteiger partial charge in [0.05, 0.1) is 0 Å². The Morgan fingerprint density at radius 2 is 1.14 bits per heavy atom. The number of hydrogen-bond acceptors (Lipinski definition) is 0. The summed E-state index contributed by atoms with van der Waals surface area (Å²) in [5.74, 6) is 0. The molecule has 0 saturated carbocycles. The van der Waals surface area contributed by atoms with E-state index in [1.165, 1.54) is 0 Å². The fraction of sp³-hybridized carbons (Fsp3) is 0.429. The van der Waals surface area contributed by atoms with E-state index in [9.17, 15) is 0 Å². The van der Waals surface area contributed by atoms with Gasteiger partial charge in [-0.3, -0.25) is 0 Å². The average Bonchev–Trinajstić information content (AvgIpc) is 1.69. The van der Waals surface area contributed by atoms with E-state index in [-0.39, 0.29) is 0 Å². The molecule has 0 aromatic rings. The number of allylic oxidation sites excluding steroid dienone is 3. The molecule has 0 aliphatic carbocycles. The summed E-state index contributed by atoms with van der Waals surface area (Å²) < 4.78 is 0. The smallest absolute Gasteiger partial charge is 0.0470 e. The van der Waals surface area contributed by atoms with Crippen molar-refractivity contribution in [2.45, 2.75) is 20.8 Å². The second-order valence-electron chi connectivity index (χ2n) is 1.07. The van der Waals surface area contributed by atoms with E-state index in [4.69, 9.17) is 0 Å². The first-order valence-corrected chi connectivity index (χ1v) is 2.47. The van der Waals surface area contributed by atoms with Gasteiger partial charge < -0.3 is 0 Å². The predicted octanol–water partition coefficient (Wildman–Crippen LogP) is 2.77. The molecule has 0 fully saturated rings. The van der Waals surface area contributed by atoms with Gasteiger partial charge in [0, 0.05) is 0 Å². The van der Waals surface area contributed by atoms with E-state index in [2.05, 4.69) is 6.58 Å². The van der Waals surface area contributed by atoms with Gasteiger partial charge in [-0.15, -0.1) is 6.58 Å². The predicted molar refractivity (Wildman–Crippen MR) is 36.4 cm³/mol. The van der Waals surface area contributed by atoms with Crippen LogP contribution in [0.15, 0.2) is 24.8 Å². The van der Waals surface area contributed by atoms with E-state index in [0.717, 1.165) is 0 Å². The molecular weight excluding hydrogens is 84.1 g/mol. The van der Waals surface area contributed by atoms with Crippen LogP contribution in [0.2, 0.25) is 0 Å². The summed E-state index contributed by atoms with van der Waals surface area (Å²) in [6.07, 6.45) is 5.75. The molecule has 0 N–H and O–H groups in total. The van der Waals surface area contributed by atoms with Gasteiger partial charge in [0.2, 0.25) is 0 Å². The van der Waals surface area contributed by atoms with Crippen LogP contribution in [0.3, 0.4) is 0 Å². The zero-order chi connectivity index (χ0) is 6.12. The van der Waals surface area contributed by atoms with Gasteiger partial charge >= 0.3 is 0 Å². The molecule has 0 nitrogen and oxygen atoms in total. The molecule has 0 spiro atoms. The van der Waals surface area contributed by atoms with Crippen molar-refractivity contribution >= 4 is 0 Å². The van der Waals surface area contributed by atoms with Crippen LogP contribution in [0.4, 0.5) is 0 Å². The lowest BCUT2D eigenvalue weighted by molar-refractivity contribution is 1.64. The normalized spacial score (nSPS) is 7.29. The van der Waals surface area contributed by atoms with Crippen molar-refractivity contribution in [3.05, 3.63) is 24.8 Å². The minimum Gasteiger partial charge on any atom is -0.103 e. The minimum atomic E-state index is 1.75. The Morgan fingerprint density at radius 1 is 1.00 bits per heavy atom. The van der Waals surface area contributed by atoms with Crippen molar-refractivity contribution in [2.75, 3.05) is 0 Å². The van der Waals surface area contributed by atoms with Gasteiger partial charge in [0.25, 0.3) is 0 Å².